The van der Waals surface area contributed by atoms with E-state index >= 15 is 0 Å². The smallest absolute Gasteiger partial charge is 0.364 e. The van der Waals surface area contributed by atoms with Crippen LogP contribution in [0.5, 0.6) is 0 Å². The molecule has 0 spiro atoms. The lowest BCUT2D eigenvalue weighted by Crippen LogP contribution is -2.32. The van der Waals surface area contributed by atoms with Crippen LogP contribution < -0.4 is 10.6 Å². The highest BCUT2D eigenvalue weighted by atomic mass is 35.5. The Labute approximate surface area is 181 Å². The molecule has 0 aliphatic heterocycles. The summed E-state index contributed by atoms with van der Waals surface area (Å²) >= 11 is 5.94. The molecule has 0 bridgehead atoms. The molecule has 1 aromatic heterocycles. The Morgan fingerprint density at radius 3 is 2.35 bits per heavy atom. The number of primary amides is 1. The normalized spacial score (nSPS) is 11.4. The van der Waals surface area contributed by atoms with Gasteiger partial charge in [0, 0.05) is 11.6 Å². The molecule has 3 rings (SSSR count). The predicted octanol–water partition coefficient (Wildman–Crippen LogP) is 4.58. The number of alkyl halides is 3. The number of nitrogens with two attached hydrogens (primary N) is 1. The first kappa shape index (κ1) is 22.4. The van der Waals surface area contributed by atoms with Crippen LogP contribution in [0.4, 0.5) is 24.7 Å². The van der Waals surface area contributed by atoms with Gasteiger partial charge in [0.1, 0.15) is 0 Å². The molecule has 2 aromatic carbocycles. The van der Waals surface area contributed by atoms with Gasteiger partial charge in [-0.25, -0.2) is 4.98 Å². The third-order valence-corrected chi connectivity index (χ3v) is 4.85. The maximum atomic E-state index is 13.4. The van der Waals surface area contributed by atoms with Gasteiger partial charge in [0.05, 0.1) is 24.0 Å². The molecule has 3 aromatic rings. The van der Waals surface area contributed by atoms with Crippen LogP contribution in [-0.2, 0) is 23.9 Å². The van der Waals surface area contributed by atoms with Crippen LogP contribution in [0.25, 0.3) is 0 Å². The quantitative estimate of drug-likeness (QED) is 0.596. The third kappa shape index (κ3) is 4.72. The second-order valence-electron chi connectivity index (χ2n) is 6.60. The predicted molar refractivity (Wildman–Crippen MR) is 110 cm³/mol. The van der Waals surface area contributed by atoms with Crippen LogP contribution >= 0.6 is 11.6 Å². The number of benzene rings is 2. The van der Waals surface area contributed by atoms with Crippen LogP contribution in [0, 0.1) is 0 Å². The lowest BCUT2D eigenvalue weighted by molar-refractivity contribution is -0.138. The molecule has 31 heavy (non-hydrogen) atoms. The highest BCUT2D eigenvalue weighted by molar-refractivity contribution is 6.30. The molecule has 1 heterocycles. The minimum atomic E-state index is -4.62. The molecular weight excluding hydrogens is 433 g/mol. The summed E-state index contributed by atoms with van der Waals surface area (Å²) in [4.78, 5) is 30.4. The summed E-state index contributed by atoms with van der Waals surface area (Å²) in [6, 6.07) is 10.9. The number of aryl methyl sites for hydroxylation is 1. The van der Waals surface area contributed by atoms with Crippen molar-refractivity contribution in [2.24, 2.45) is 5.73 Å². The lowest BCUT2D eigenvalue weighted by Gasteiger charge is -2.25. The maximum absolute atomic E-state index is 13.4. The van der Waals surface area contributed by atoms with Crippen molar-refractivity contribution < 1.29 is 22.8 Å². The van der Waals surface area contributed by atoms with E-state index < -0.39 is 30.0 Å². The SMILES string of the molecule is CCn1cnc(C(N)=O)c1N(C(=O)Cc1ccccc1C(F)(F)F)c1ccc(Cl)cc1. The Bertz CT molecular complexity index is 1110. The van der Waals surface area contributed by atoms with Crippen molar-refractivity contribution in [1.82, 2.24) is 9.55 Å². The van der Waals surface area contributed by atoms with Crippen molar-refractivity contribution in [3.05, 3.63) is 76.7 Å². The van der Waals surface area contributed by atoms with Crippen molar-refractivity contribution in [3.8, 4) is 0 Å². The van der Waals surface area contributed by atoms with Crippen molar-refractivity contribution >= 4 is 34.9 Å². The Morgan fingerprint density at radius 1 is 1.13 bits per heavy atom. The van der Waals surface area contributed by atoms with E-state index in [0.717, 1.165) is 11.0 Å². The molecule has 2 amide bonds. The number of anilines is 2. The van der Waals surface area contributed by atoms with Crippen LogP contribution in [0.1, 0.15) is 28.5 Å². The van der Waals surface area contributed by atoms with Gasteiger partial charge in [-0.1, -0.05) is 29.8 Å². The largest absolute Gasteiger partial charge is 0.416 e. The molecular formula is C21H18ClF3N4O2. The number of amides is 2. The van der Waals surface area contributed by atoms with Crippen LogP contribution in [-0.4, -0.2) is 21.4 Å². The second kappa shape index (κ2) is 8.81. The summed E-state index contributed by atoms with van der Waals surface area (Å²) in [5.74, 6) is -1.49. The minimum absolute atomic E-state index is 0.0758. The summed E-state index contributed by atoms with van der Waals surface area (Å²) in [6.45, 7) is 2.10. The van der Waals surface area contributed by atoms with E-state index in [2.05, 4.69) is 4.98 Å². The first-order chi connectivity index (χ1) is 14.6. The second-order valence-corrected chi connectivity index (χ2v) is 7.04. The first-order valence-corrected chi connectivity index (χ1v) is 9.59. The molecule has 0 radical (unpaired) electrons. The van der Waals surface area contributed by atoms with Gasteiger partial charge < -0.3 is 10.3 Å². The van der Waals surface area contributed by atoms with E-state index in [9.17, 15) is 22.8 Å². The van der Waals surface area contributed by atoms with Gasteiger partial charge in [0.15, 0.2) is 11.5 Å². The molecule has 0 unspecified atom stereocenters. The van der Waals surface area contributed by atoms with Gasteiger partial charge >= 0.3 is 6.18 Å². The minimum Gasteiger partial charge on any atom is -0.364 e. The van der Waals surface area contributed by atoms with E-state index in [0.29, 0.717) is 17.3 Å². The maximum Gasteiger partial charge on any atom is 0.416 e. The highest BCUT2D eigenvalue weighted by Crippen LogP contribution is 2.34. The summed E-state index contributed by atoms with van der Waals surface area (Å²) in [5, 5.41) is 0.401. The van der Waals surface area contributed by atoms with E-state index in [1.54, 1.807) is 6.92 Å². The zero-order valence-corrected chi connectivity index (χ0v) is 17.1. The zero-order chi connectivity index (χ0) is 22.8. The number of nitrogens with zero attached hydrogens (tertiary/aromatic N) is 3. The first-order valence-electron chi connectivity index (χ1n) is 9.22. The van der Waals surface area contributed by atoms with Crippen molar-refractivity contribution in [1.29, 1.82) is 0 Å². The topological polar surface area (TPSA) is 81.2 Å². The average Bonchev–Trinajstić information content (AvgIpc) is 3.13. The number of imidazole rings is 1. The highest BCUT2D eigenvalue weighted by Gasteiger charge is 2.35. The standard InChI is InChI=1S/C21H18ClF3N4O2/c1-2-28-12-27-18(19(26)31)20(28)29(15-9-7-14(22)8-10-15)17(30)11-13-5-3-4-6-16(13)21(23,24)25/h3-10,12H,2,11H2,1H3,(H2,26,31). The molecule has 0 saturated carbocycles. The van der Waals surface area contributed by atoms with Crippen molar-refractivity contribution in [2.75, 3.05) is 4.90 Å². The fourth-order valence-electron chi connectivity index (χ4n) is 3.18. The summed E-state index contributed by atoms with van der Waals surface area (Å²) in [6.07, 6.45) is -3.84. The number of hydrogen-bond acceptors (Lipinski definition) is 3. The van der Waals surface area contributed by atoms with Crippen LogP contribution in [0.15, 0.2) is 54.9 Å². The van der Waals surface area contributed by atoms with Crippen LogP contribution in [0.2, 0.25) is 5.02 Å². The van der Waals surface area contributed by atoms with Crippen LogP contribution in [0.3, 0.4) is 0 Å². The van der Waals surface area contributed by atoms with Gasteiger partial charge in [-0.3, -0.25) is 14.5 Å². The summed E-state index contributed by atoms with van der Waals surface area (Å²) < 4.78 is 41.8. The average molecular weight is 451 g/mol. The Kier molecular flexibility index (Phi) is 6.35. The molecule has 0 aliphatic rings. The Balaban J connectivity index is 2.14. The number of aromatic nitrogens is 2. The van der Waals surface area contributed by atoms with Gasteiger partial charge in [-0.15, -0.1) is 0 Å². The van der Waals surface area contributed by atoms with Crippen molar-refractivity contribution in [2.45, 2.75) is 26.1 Å². The number of rotatable bonds is 6. The Hall–Kier alpha value is -3.33. The van der Waals surface area contributed by atoms with Gasteiger partial charge in [-0.2, -0.15) is 13.2 Å². The van der Waals surface area contributed by atoms with E-state index in [1.807, 2.05) is 0 Å². The lowest BCUT2D eigenvalue weighted by atomic mass is 10.0. The molecule has 162 valence electrons. The molecule has 0 atom stereocenters. The van der Waals surface area contributed by atoms with E-state index in [-0.39, 0.29) is 17.1 Å². The molecule has 0 saturated heterocycles. The van der Waals surface area contributed by atoms with E-state index in [1.165, 1.54) is 53.4 Å². The molecule has 6 nitrogen and oxygen atoms in total. The van der Waals surface area contributed by atoms with Gasteiger partial charge in [0.2, 0.25) is 5.91 Å². The molecule has 2 N–H and O–H groups in total. The fourth-order valence-corrected chi connectivity index (χ4v) is 3.31. The summed E-state index contributed by atoms with van der Waals surface area (Å²) in [5.41, 5.74) is 4.47. The summed E-state index contributed by atoms with van der Waals surface area (Å²) in [7, 11) is 0. The molecule has 0 fully saturated rings. The zero-order valence-electron chi connectivity index (χ0n) is 16.4. The number of halogens is 4. The fraction of sp³-hybridized carbons (Fsp3) is 0.190. The van der Waals surface area contributed by atoms with Gasteiger partial charge in [-0.05, 0) is 42.8 Å². The number of carbonyl (C=O) groups is 2. The third-order valence-electron chi connectivity index (χ3n) is 4.59. The van der Waals surface area contributed by atoms with E-state index in [4.69, 9.17) is 17.3 Å². The van der Waals surface area contributed by atoms with Crippen molar-refractivity contribution in [3.63, 3.8) is 0 Å². The monoisotopic (exact) mass is 450 g/mol. The molecule has 10 heteroatoms. The Morgan fingerprint density at radius 2 is 1.77 bits per heavy atom. The molecule has 0 aliphatic carbocycles. The number of carbonyl (C=O) groups excluding carboxylic acids is 2. The van der Waals surface area contributed by atoms with Gasteiger partial charge in [0.25, 0.3) is 5.91 Å². The number of hydrogen-bond donors (Lipinski definition) is 1.